The zero-order valence-electron chi connectivity index (χ0n) is 11.8. The highest BCUT2D eigenvalue weighted by atomic mass is 15.1. The van der Waals surface area contributed by atoms with E-state index in [9.17, 15) is 0 Å². The van der Waals surface area contributed by atoms with Crippen molar-refractivity contribution in [3.63, 3.8) is 0 Å². The van der Waals surface area contributed by atoms with Crippen molar-refractivity contribution in [3.8, 4) is 0 Å². The van der Waals surface area contributed by atoms with Crippen LogP contribution in [0.5, 0.6) is 0 Å². The molecule has 1 unspecified atom stereocenters. The summed E-state index contributed by atoms with van der Waals surface area (Å²) in [5, 5.41) is 3.59. The number of nitrogens with one attached hydrogen (secondary N) is 1. The van der Waals surface area contributed by atoms with Crippen LogP contribution in [0.4, 0.5) is 0 Å². The monoisotopic (exact) mass is 236 g/mol. The molecule has 2 aliphatic heterocycles. The van der Waals surface area contributed by atoms with E-state index in [1.165, 1.54) is 51.9 Å². The molecule has 0 saturated carbocycles. The highest BCUT2D eigenvalue weighted by Gasteiger charge is 2.22. The molecule has 98 valence electrons. The second-order valence-electron chi connectivity index (χ2n) is 6.61. The first-order valence-electron chi connectivity index (χ1n) is 7.21. The van der Waals surface area contributed by atoms with E-state index in [0.717, 1.165) is 6.04 Å². The lowest BCUT2D eigenvalue weighted by Gasteiger charge is -2.32. The molecule has 17 heavy (non-hydrogen) atoms. The molecular formula is C15H28N2. The SMILES string of the molecule is CC(C)(C)C1=CCN(CCC2CCCN2)CC1. The van der Waals surface area contributed by atoms with Crippen molar-refractivity contribution in [1.82, 2.24) is 10.2 Å². The molecular weight excluding hydrogens is 208 g/mol. The molecule has 1 atom stereocenters. The standard InChI is InChI=1S/C15H28N2/c1-15(2,3)13-6-10-17(11-7-13)12-8-14-5-4-9-16-14/h6,14,16H,4-5,7-12H2,1-3H3. The second kappa shape index (κ2) is 5.53. The van der Waals surface area contributed by atoms with Gasteiger partial charge in [-0.15, -0.1) is 0 Å². The summed E-state index contributed by atoms with van der Waals surface area (Å²) in [7, 11) is 0. The molecule has 2 heteroatoms. The molecule has 0 radical (unpaired) electrons. The van der Waals surface area contributed by atoms with Gasteiger partial charge < -0.3 is 5.32 Å². The minimum Gasteiger partial charge on any atom is -0.314 e. The third-order valence-corrected chi connectivity index (χ3v) is 4.21. The number of hydrogen-bond donors (Lipinski definition) is 1. The fourth-order valence-electron chi connectivity index (χ4n) is 2.94. The van der Waals surface area contributed by atoms with Gasteiger partial charge in [-0.1, -0.05) is 32.4 Å². The molecule has 0 spiro atoms. The average Bonchev–Trinajstić information content (AvgIpc) is 2.78. The van der Waals surface area contributed by atoms with Crippen LogP contribution in [-0.4, -0.2) is 37.1 Å². The third-order valence-electron chi connectivity index (χ3n) is 4.21. The Morgan fingerprint density at radius 1 is 1.41 bits per heavy atom. The van der Waals surface area contributed by atoms with Gasteiger partial charge in [0, 0.05) is 19.1 Å². The summed E-state index contributed by atoms with van der Waals surface area (Å²) in [5.74, 6) is 0. The van der Waals surface area contributed by atoms with E-state index in [2.05, 4.69) is 37.1 Å². The maximum absolute atomic E-state index is 3.59. The van der Waals surface area contributed by atoms with E-state index >= 15 is 0 Å². The molecule has 0 bridgehead atoms. The van der Waals surface area contributed by atoms with Crippen LogP contribution >= 0.6 is 0 Å². The van der Waals surface area contributed by atoms with Crippen LogP contribution in [0.2, 0.25) is 0 Å². The Kier molecular flexibility index (Phi) is 4.26. The van der Waals surface area contributed by atoms with Crippen molar-refractivity contribution >= 4 is 0 Å². The van der Waals surface area contributed by atoms with Gasteiger partial charge in [0.15, 0.2) is 0 Å². The van der Waals surface area contributed by atoms with Gasteiger partial charge in [0.25, 0.3) is 0 Å². The Bertz CT molecular complexity index is 269. The van der Waals surface area contributed by atoms with Crippen LogP contribution in [0.15, 0.2) is 11.6 Å². The van der Waals surface area contributed by atoms with E-state index in [4.69, 9.17) is 0 Å². The molecule has 0 aromatic heterocycles. The van der Waals surface area contributed by atoms with Crippen LogP contribution < -0.4 is 5.32 Å². The van der Waals surface area contributed by atoms with Crippen molar-refractivity contribution in [2.45, 2.75) is 52.5 Å². The number of rotatable bonds is 3. The minimum absolute atomic E-state index is 0.374. The Labute approximate surface area is 106 Å². The maximum atomic E-state index is 3.59. The first kappa shape index (κ1) is 13.1. The molecule has 2 rings (SSSR count). The zero-order valence-corrected chi connectivity index (χ0v) is 11.8. The second-order valence-corrected chi connectivity index (χ2v) is 6.61. The Morgan fingerprint density at radius 3 is 2.76 bits per heavy atom. The normalized spacial score (nSPS) is 27.2. The molecule has 0 aromatic rings. The zero-order chi connectivity index (χ0) is 12.3. The highest BCUT2D eigenvalue weighted by molar-refractivity contribution is 5.14. The van der Waals surface area contributed by atoms with E-state index in [0.29, 0.717) is 5.41 Å². The molecule has 1 fully saturated rings. The summed E-state index contributed by atoms with van der Waals surface area (Å²) in [4.78, 5) is 2.61. The maximum Gasteiger partial charge on any atom is 0.0166 e. The van der Waals surface area contributed by atoms with E-state index in [1.807, 2.05) is 0 Å². The van der Waals surface area contributed by atoms with Crippen molar-refractivity contribution in [2.24, 2.45) is 5.41 Å². The first-order chi connectivity index (χ1) is 8.05. The Hall–Kier alpha value is -0.340. The summed E-state index contributed by atoms with van der Waals surface area (Å²) >= 11 is 0. The predicted octanol–water partition coefficient (Wildman–Crippen LogP) is 2.81. The highest BCUT2D eigenvalue weighted by Crippen LogP contribution is 2.30. The van der Waals surface area contributed by atoms with Gasteiger partial charge in [0.05, 0.1) is 0 Å². The van der Waals surface area contributed by atoms with Gasteiger partial charge in [-0.2, -0.15) is 0 Å². The molecule has 1 saturated heterocycles. The Balaban J connectivity index is 1.73. The third kappa shape index (κ3) is 3.82. The summed E-state index contributed by atoms with van der Waals surface area (Å²) < 4.78 is 0. The lowest BCUT2D eigenvalue weighted by atomic mass is 9.83. The largest absolute Gasteiger partial charge is 0.314 e. The van der Waals surface area contributed by atoms with E-state index in [-0.39, 0.29) is 0 Å². The Morgan fingerprint density at radius 2 is 2.24 bits per heavy atom. The molecule has 1 N–H and O–H groups in total. The van der Waals surface area contributed by atoms with Gasteiger partial charge in [-0.25, -0.2) is 0 Å². The van der Waals surface area contributed by atoms with Crippen LogP contribution in [0.3, 0.4) is 0 Å². The molecule has 2 nitrogen and oxygen atoms in total. The summed E-state index contributed by atoms with van der Waals surface area (Å²) in [6.07, 6.45) is 7.82. The molecule has 2 aliphatic rings. The number of nitrogens with zero attached hydrogens (tertiary/aromatic N) is 1. The first-order valence-corrected chi connectivity index (χ1v) is 7.21. The van der Waals surface area contributed by atoms with Crippen LogP contribution in [0, 0.1) is 5.41 Å². The lowest BCUT2D eigenvalue weighted by Crippen LogP contribution is -2.35. The van der Waals surface area contributed by atoms with Gasteiger partial charge in [-0.3, -0.25) is 4.90 Å². The van der Waals surface area contributed by atoms with Crippen molar-refractivity contribution in [2.75, 3.05) is 26.2 Å². The lowest BCUT2D eigenvalue weighted by molar-refractivity contribution is 0.265. The van der Waals surface area contributed by atoms with Crippen LogP contribution in [0.1, 0.15) is 46.5 Å². The fourth-order valence-corrected chi connectivity index (χ4v) is 2.94. The van der Waals surface area contributed by atoms with Gasteiger partial charge in [0.1, 0.15) is 0 Å². The molecule has 2 heterocycles. The van der Waals surface area contributed by atoms with E-state index in [1.54, 1.807) is 5.57 Å². The molecule has 0 aliphatic carbocycles. The quantitative estimate of drug-likeness (QED) is 0.758. The number of hydrogen-bond acceptors (Lipinski definition) is 2. The minimum atomic E-state index is 0.374. The smallest absolute Gasteiger partial charge is 0.0166 e. The van der Waals surface area contributed by atoms with Crippen molar-refractivity contribution in [3.05, 3.63) is 11.6 Å². The van der Waals surface area contributed by atoms with Crippen molar-refractivity contribution < 1.29 is 0 Å². The topological polar surface area (TPSA) is 15.3 Å². The summed E-state index contributed by atoms with van der Waals surface area (Å²) in [5.41, 5.74) is 2.02. The van der Waals surface area contributed by atoms with Gasteiger partial charge >= 0.3 is 0 Å². The van der Waals surface area contributed by atoms with Gasteiger partial charge in [0.2, 0.25) is 0 Å². The predicted molar refractivity (Wildman–Crippen MR) is 74.2 cm³/mol. The van der Waals surface area contributed by atoms with Crippen LogP contribution in [-0.2, 0) is 0 Å². The summed E-state index contributed by atoms with van der Waals surface area (Å²) in [6, 6.07) is 0.794. The summed E-state index contributed by atoms with van der Waals surface area (Å²) in [6.45, 7) is 11.9. The molecule has 0 amide bonds. The van der Waals surface area contributed by atoms with Gasteiger partial charge in [-0.05, 0) is 44.2 Å². The van der Waals surface area contributed by atoms with Crippen molar-refractivity contribution in [1.29, 1.82) is 0 Å². The fraction of sp³-hybridized carbons (Fsp3) is 0.867. The van der Waals surface area contributed by atoms with Crippen LogP contribution in [0.25, 0.3) is 0 Å². The average molecular weight is 236 g/mol. The molecule has 0 aromatic carbocycles. The van der Waals surface area contributed by atoms with E-state index < -0.39 is 0 Å².